The molecule has 178 valence electrons. The number of esters is 1. The summed E-state index contributed by atoms with van der Waals surface area (Å²) in [6, 6.07) is 12.3. The second-order valence-corrected chi connectivity index (χ2v) is 9.03. The van der Waals surface area contributed by atoms with Gasteiger partial charge in [-0.05, 0) is 48.6 Å². The Morgan fingerprint density at radius 2 is 1.63 bits per heavy atom. The molecule has 4 atom stereocenters. The summed E-state index contributed by atoms with van der Waals surface area (Å²) in [6.07, 6.45) is 4.85. The van der Waals surface area contributed by atoms with Gasteiger partial charge in [-0.2, -0.15) is 0 Å². The fourth-order valence-corrected chi connectivity index (χ4v) is 5.24. The smallest absolute Gasteiger partial charge is 0.338 e. The predicted molar refractivity (Wildman–Crippen MR) is 124 cm³/mol. The molecular weight excluding hydrogens is 474 g/mol. The molecular formula is C25H20ClN3O6. The zero-order valence-corrected chi connectivity index (χ0v) is 19.0. The van der Waals surface area contributed by atoms with Gasteiger partial charge in [0.25, 0.3) is 11.8 Å². The Bertz CT molecular complexity index is 1260. The van der Waals surface area contributed by atoms with Gasteiger partial charge in [-0.3, -0.25) is 30.0 Å². The van der Waals surface area contributed by atoms with E-state index in [9.17, 15) is 24.0 Å². The molecule has 0 unspecified atom stereocenters. The second-order valence-electron chi connectivity index (χ2n) is 8.62. The number of amides is 4. The number of halogens is 1. The number of rotatable bonds is 5. The summed E-state index contributed by atoms with van der Waals surface area (Å²) in [5, 5.41) is 0.216. The minimum absolute atomic E-state index is 0.0779. The van der Waals surface area contributed by atoms with Crippen LogP contribution in [0.3, 0.4) is 0 Å². The molecule has 1 aliphatic heterocycles. The fraction of sp³-hybridized carbons (Fsp3) is 0.240. The monoisotopic (exact) mass is 493 g/mol. The standard InChI is InChI=1S/C25H20ClN3O6/c26-18-7-2-1-6-17(18)22(31)28-27-19(30)12-35-25(34)15-4-3-5-16(11-15)29-23(32)20-13-8-9-14(10-13)21(20)24(29)33/h1-9,11,13-14,20-21H,10,12H2,(H,27,30)(H,28,31)/t13-,14-,20+,21+/m0/s1. The van der Waals surface area contributed by atoms with Crippen molar-refractivity contribution in [2.24, 2.45) is 23.7 Å². The number of hydrazine groups is 1. The van der Waals surface area contributed by atoms with Crippen molar-refractivity contribution < 1.29 is 28.7 Å². The topological polar surface area (TPSA) is 122 Å². The van der Waals surface area contributed by atoms with E-state index in [4.69, 9.17) is 16.3 Å². The van der Waals surface area contributed by atoms with Crippen LogP contribution in [0.15, 0.2) is 60.7 Å². The van der Waals surface area contributed by atoms with Crippen LogP contribution in [0.25, 0.3) is 0 Å². The van der Waals surface area contributed by atoms with E-state index in [0.717, 1.165) is 11.3 Å². The third kappa shape index (κ3) is 4.08. The Hall–Kier alpha value is -3.98. The first-order chi connectivity index (χ1) is 16.8. The van der Waals surface area contributed by atoms with Crippen LogP contribution in [0.1, 0.15) is 27.1 Å². The fourth-order valence-electron chi connectivity index (χ4n) is 5.02. The van der Waals surface area contributed by atoms with E-state index in [1.54, 1.807) is 18.2 Å². The molecule has 0 aromatic heterocycles. The number of hydrogen-bond donors (Lipinski definition) is 2. The largest absolute Gasteiger partial charge is 0.452 e. The summed E-state index contributed by atoms with van der Waals surface area (Å²) in [5.74, 6) is -3.26. The van der Waals surface area contributed by atoms with Gasteiger partial charge in [0.1, 0.15) is 0 Å². The number of nitrogens with one attached hydrogen (secondary N) is 2. The first-order valence-electron chi connectivity index (χ1n) is 11.0. The summed E-state index contributed by atoms with van der Waals surface area (Å²) >= 11 is 5.94. The summed E-state index contributed by atoms with van der Waals surface area (Å²) < 4.78 is 5.01. The molecule has 1 saturated carbocycles. The number of fused-ring (bicyclic) bond motifs is 5. The van der Waals surface area contributed by atoms with Crippen molar-refractivity contribution in [2.45, 2.75) is 6.42 Å². The third-order valence-electron chi connectivity index (χ3n) is 6.58. The quantitative estimate of drug-likeness (QED) is 0.285. The van der Waals surface area contributed by atoms with E-state index in [-0.39, 0.29) is 51.6 Å². The summed E-state index contributed by atoms with van der Waals surface area (Å²) in [4.78, 5) is 63.7. The predicted octanol–water partition coefficient (Wildman–Crippen LogP) is 2.27. The van der Waals surface area contributed by atoms with Crippen molar-refractivity contribution in [1.29, 1.82) is 0 Å². The van der Waals surface area contributed by atoms with E-state index >= 15 is 0 Å². The Kier molecular flexibility index (Phi) is 5.86. The maximum absolute atomic E-state index is 13.0. The lowest BCUT2D eigenvalue weighted by atomic mass is 9.85. The molecule has 2 bridgehead atoms. The molecule has 0 spiro atoms. The van der Waals surface area contributed by atoms with E-state index in [0.29, 0.717) is 5.69 Å². The van der Waals surface area contributed by atoms with Crippen molar-refractivity contribution in [3.05, 3.63) is 76.8 Å². The van der Waals surface area contributed by atoms with Crippen LogP contribution >= 0.6 is 11.6 Å². The van der Waals surface area contributed by atoms with Crippen molar-refractivity contribution in [3.8, 4) is 0 Å². The number of nitrogens with zero attached hydrogens (tertiary/aromatic N) is 1. The zero-order chi connectivity index (χ0) is 24.7. The zero-order valence-electron chi connectivity index (χ0n) is 18.3. The number of allylic oxidation sites excluding steroid dienone is 2. The Morgan fingerprint density at radius 1 is 0.943 bits per heavy atom. The number of anilines is 1. The number of benzene rings is 2. The highest BCUT2D eigenvalue weighted by Gasteiger charge is 2.59. The average Bonchev–Trinajstić information content (AvgIpc) is 3.55. The third-order valence-corrected chi connectivity index (χ3v) is 6.91. The van der Waals surface area contributed by atoms with Gasteiger partial charge in [0.15, 0.2) is 6.61 Å². The SMILES string of the molecule is O=C(COC(=O)c1cccc(N2C(=O)[C@H]3[C@H](C2=O)[C@H]2C=C[C@H]3C2)c1)NNC(=O)c1ccccc1Cl. The van der Waals surface area contributed by atoms with Gasteiger partial charge in [0.05, 0.1) is 33.7 Å². The average molecular weight is 494 g/mol. The molecule has 4 amide bonds. The Labute approximate surface area is 205 Å². The molecule has 3 aliphatic rings. The lowest BCUT2D eigenvalue weighted by molar-refractivity contribution is -0.125. The van der Waals surface area contributed by atoms with Gasteiger partial charge >= 0.3 is 5.97 Å². The van der Waals surface area contributed by atoms with Crippen LogP contribution in [0.4, 0.5) is 5.69 Å². The number of imide groups is 1. The van der Waals surface area contributed by atoms with Gasteiger partial charge in [0.2, 0.25) is 11.8 Å². The normalized spacial score (nSPS) is 23.9. The molecule has 1 saturated heterocycles. The Morgan fingerprint density at radius 3 is 2.31 bits per heavy atom. The Balaban J connectivity index is 1.18. The number of ether oxygens (including phenoxy) is 1. The lowest BCUT2D eigenvalue weighted by Crippen LogP contribution is -2.43. The van der Waals surface area contributed by atoms with Crippen molar-refractivity contribution in [1.82, 2.24) is 10.9 Å². The van der Waals surface area contributed by atoms with Crippen molar-refractivity contribution in [3.63, 3.8) is 0 Å². The van der Waals surface area contributed by atoms with E-state index in [2.05, 4.69) is 10.9 Å². The van der Waals surface area contributed by atoms with Gasteiger partial charge in [-0.25, -0.2) is 9.69 Å². The van der Waals surface area contributed by atoms with Crippen LogP contribution in [-0.4, -0.2) is 36.2 Å². The van der Waals surface area contributed by atoms with Gasteiger partial charge in [-0.15, -0.1) is 0 Å². The lowest BCUT2D eigenvalue weighted by Gasteiger charge is -2.18. The van der Waals surface area contributed by atoms with Crippen LogP contribution in [0.2, 0.25) is 5.02 Å². The maximum atomic E-state index is 13.0. The van der Waals surface area contributed by atoms with Crippen LogP contribution in [-0.2, 0) is 19.1 Å². The van der Waals surface area contributed by atoms with Crippen LogP contribution in [0.5, 0.6) is 0 Å². The van der Waals surface area contributed by atoms with Gasteiger partial charge in [0, 0.05) is 0 Å². The van der Waals surface area contributed by atoms with Crippen LogP contribution < -0.4 is 15.8 Å². The molecule has 10 heteroatoms. The van der Waals surface area contributed by atoms with Crippen molar-refractivity contribution in [2.75, 3.05) is 11.5 Å². The molecule has 5 rings (SSSR count). The minimum atomic E-state index is -0.819. The number of carbonyl (C=O) groups is 5. The molecule has 2 aromatic carbocycles. The molecule has 2 aliphatic carbocycles. The second kappa shape index (κ2) is 8.99. The molecule has 2 N–H and O–H groups in total. The molecule has 1 heterocycles. The highest BCUT2D eigenvalue weighted by atomic mass is 35.5. The first-order valence-corrected chi connectivity index (χ1v) is 11.4. The van der Waals surface area contributed by atoms with E-state index < -0.39 is 24.4 Å². The summed E-state index contributed by atoms with van der Waals surface area (Å²) in [7, 11) is 0. The molecule has 2 fully saturated rings. The minimum Gasteiger partial charge on any atom is -0.452 e. The number of carbonyl (C=O) groups excluding carboxylic acids is 5. The van der Waals surface area contributed by atoms with E-state index in [1.807, 2.05) is 12.2 Å². The van der Waals surface area contributed by atoms with Crippen molar-refractivity contribution >= 4 is 46.9 Å². The van der Waals surface area contributed by atoms with Gasteiger partial charge in [-0.1, -0.05) is 42.0 Å². The highest BCUT2D eigenvalue weighted by molar-refractivity contribution is 6.33. The van der Waals surface area contributed by atoms with E-state index in [1.165, 1.54) is 30.3 Å². The first kappa shape index (κ1) is 22.8. The molecule has 0 radical (unpaired) electrons. The molecule has 35 heavy (non-hydrogen) atoms. The summed E-state index contributed by atoms with van der Waals surface area (Å²) in [5.41, 5.74) is 4.87. The maximum Gasteiger partial charge on any atom is 0.338 e. The van der Waals surface area contributed by atoms with Crippen LogP contribution in [0, 0.1) is 23.7 Å². The van der Waals surface area contributed by atoms with Gasteiger partial charge < -0.3 is 4.74 Å². The molecule has 2 aromatic rings. The summed E-state index contributed by atoms with van der Waals surface area (Å²) in [6.45, 7) is -0.660. The highest BCUT2D eigenvalue weighted by Crippen LogP contribution is 2.53. The number of hydrogen-bond acceptors (Lipinski definition) is 6. The molecule has 9 nitrogen and oxygen atoms in total.